The molecule has 0 fully saturated rings. The zero-order chi connectivity index (χ0) is 22.6. The van der Waals surface area contributed by atoms with Crippen molar-refractivity contribution in [2.45, 2.75) is 11.4 Å². The van der Waals surface area contributed by atoms with Crippen molar-refractivity contribution in [3.63, 3.8) is 0 Å². The molecule has 3 aromatic rings. The maximum absolute atomic E-state index is 13.3. The molecule has 0 bridgehead atoms. The maximum Gasteiger partial charge on any atom is 0.243 e. The van der Waals surface area contributed by atoms with Gasteiger partial charge in [0.25, 0.3) is 0 Å². The maximum atomic E-state index is 13.3. The number of sulfonamides is 1. The predicted octanol–water partition coefficient (Wildman–Crippen LogP) is 6.13. The second-order valence-electron chi connectivity index (χ2n) is 6.50. The van der Waals surface area contributed by atoms with Crippen LogP contribution >= 0.6 is 46.4 Å². The van der Waals surface area contributed by atoms with Crippen molar-refractivity contribution in [1.29, 1.82) is 0 Å². The Morgan fingerprint density at radius 1 is 0.839 bits per heavy atom. The van der Waals surface area contributed by atoms with Gasteiger partial charge in [-0.15, -0.1) is 0 Å². The van der Waals surface area contributed by atoms with E-state index in [1.807, 2.05) is 0 Å². The van der Waals surface area contributed by atoms with Gasteiger partial charge in [-0.1, -0.05) is 64.6 Å². The molecule has 10 heteroatoms. The predicted molar refractivity (Wildman–Crippen MR) is 126 cm³/mol. The van der Waals surface area contributed by atoms with Crippen LogP contribution in [0.15, 0.2) is 71.6 Å². The molecule has 0 atom stereocenters. The van der Waals surface area contributed by atoms with Gasteiger partial charge in [0.05, 0.1) is 27.2 Å². The molecule has 31 heavy (non-hydrogen) atoms. The van der Waals surface area contributed by atoms with E-state index in [-0.39, 0.29) is 27.2 Å². The first-order valence-electron chi connectivity index (χ1n) is 8.91. The Morgan fingerprint density at radius 2 is 1.42 bits per heavy atom. The summed E-state index contributed by atoms with van der Waals surface area (Å²) in [4.78, 5) is 12.7. The molecule has 1 N–H and O–H groups in total. The van der Waals surface area contributed by atoms with Crippen LogP contribution in [0.1, 0.15) is 5.56 Å². The van der Waals surface area contributed by atoms with E-state index in [0.717, 1.165) is 4.31 Å². The monoisotopic (exact) mass is 516 g/mol. The van der Waals surface area contributed by atoms with Crippen molar-refractivity contribution < 1.29 is 13.2 Å². The second-order valence-corrected chi connectivity index (χ2v) is 10.1. The van der Waals surface area contributed by atoms with Gasteiger partial charge < -0.3 is 5.32 Å². The Kier molecular flexibility index (Phi) is 7.86. The van der Waals surface area contributed by atoms with Gasteiger partial charge >= 0.3 is 0 Å². The molecule has 0 aromatic heterocycles. The molecule has 0 aliphatic carbocycles. The second kappa shape index (κ2) is 10.2. The third-order valence-corrected chi connectivity index (χ3v) is 7.40. The first kappa shape index (κ1) is 23.9. The van der Waals surface area contributed by atoms with Gasteiger partial charge in [0, 0.05) is 16.6 Å². The molecular formula is C21H16Cl4N2O3S. The molecule has 0 saturated heterocycles. The van der Waals surface area contributed by atoms with Crippen molar-refractivity contribution in [3.8, 4) is 0 Å². The van der Waals surface area contributed by atoms with Crippen LogP contribution in [0.2, 0.25) is 20.1 Å². The van der Waals surface area contributed by atoms with Gasteiger partial charge in [-0.2, -0.15) is 4.31 Å². The number of hydrogen-bond acceptors (Lipinski definition) is 3. The number of nitrogens with one attached hydrogen (secondary N) is 1. The molecule has 0 saturated carbocycles. The lowest BCUT2D eigenvalue weighted by atomic mass is 10.2. The van der Waals surface area contributed by atoms with Gasteiger partial charge in [-0.05, 0) is 54.1 Å². The first-order valence-corrected chi connectivity index (χ1v) is 11.9. The van der Waals surface area contributed by atoms with Crippen LogP contribution in [0.4, 0.5) is 5.69 Å². The summed E-state index contributed by atoms with van der Waals surface area (Å²) < 4.78 is 27.6. The van der Waals surface area contributed by atoms with Crippen LogP contribution in [-0.2, 0) is 21.4 Å². The lowest BCUT2D eigenvalue weighted by molar-refractivity contribution is -0.116. The number of halogens is 4. The fourth-order valence-corrected chi connectivity index (χ4v) is 4.71. The summed E-state index contributed by atoms with van der Waals surface area (Å²) in [5.41, 5.74) is 0.949. The Balaban J connectivity index is 1.89. The molecule has 162 valence electrons. The van der Waals surface area contributed by atoms with E-state index in [4.69, 9.17) is 46.4 Å². The smallest absolute Gasteiger partial charge is 0.243 e. The van der Waals surface area contributed by atoms with E-state index in [2.05, 4.69) is 5.32 Å². The molecule has 0 radical (unpaired) electrons. The number of carbonyl (C=O) groups excluding carboxylic acids is 1. The molecule has 1 amide bonds. The Labute approximate surface area is 200 Å². The normalized spacial score (nSPS) is 11.5. The molecule has 3 rings (SSSR count). The van der Waals surface area contributed by atoms with Gasteiger partial charge in [0.15, 0.2) is 0 Å². The number of hydrogen-bond donors (Lipinski definition) is 1. The lowest BCUT2D eigenvalue weighted by Crippen LogP contribution is -2.37. The van der Waals surface area contributed by atoms with E-state index >= 15 is 0 Å². The molecule has 0 heterocycles. The minimum absolute atomic E-state index is 0.0134. The summed E-state index contributed by atoms with van der Waals surface area (Å²) in [6, 6.07) is 17.2. The summed E-state index contributed by atoms with van der Waals surface area (Å²) >= 11 is 23.9. The highest BCUT2D eigenvalue weighted by Gasteiger charge is 2.27. The van der Waals surface area contributed by atoms with Crippen LogP contribution in [0, 0.1) is 0 Å². The summed E-state index contributed by atoms with van der Waals surface area (Å²) in [5, 5.41) is 3.96. The number of rotatable bonds is 7. The van der Waals surface area contributed by atoms with Crippen molar-refractivity contribution >= 4 is 68.0 Å². The lowest BCUT2D eigenvalue weighted by Gasteiger charge is -2.22. The highest BCUT2D eigenvalue weighted by Crippen LogP contribution is 2.29. The van der Waals surface area contributed by atoms with E-state index in [1.165, 1.54) is 24.3 Å². The highest BCUT2D eigenvalue weighted by molar-refractivity contribution is 7.89. The summed E-state index contributed by atoms with van der Waals surface area (Å²) in [5.74, 6) is -0.573. The van der Waals surface area contributed by atoms with Crippen molar-refractivity contribution in [1.82, 2.24) is 4.31 Å². The fourth-order valence-electron chi connectivity index (χ4n) is 2.73. The fraction of sp³-hybridized carbons (Fsp3) is 0.0952. The number of nitrogens with zero attached hydrogens (tertiary/aromatic N) is 1. The summed E-state index contributed by atoms with van der Waals surface area (Å²) in [6.07, 6.45) is 0. The number of amides is 1. The van der Waals surface area contributed by atoms with Crippen molar-refractivity contribution in [3.05, 3.63) is 92.4 Å². The Bertz CT molecular complexity index is 1180. The summed E-state index contributed by atoms with van der Waals surface area (Å²) in [7, 11) is -4.01. The quantitative estimate of drug-likeness (QED) is 0.410. The number of benzene rings is 3. The average Bonchev–Trinajstić information content (AvgIpc) is 2.73. The van der Waals surface area contributed by atoms with Gasteiger partial charge in [0.1, 0.15) is 0 Å². The largest absolute Gasteiger partial charge is 0.324 e. The van der Waals surface area contributed by atoms with Gasteiger partial charge in [0.2, 0.25) is 15.9 Å². The number of carbonyl (C=O) groups is 1. The van der Waals surface area contributed by atoms with Crippen LogP contribution in [0.3, 0.4) is 0 Å². The molecule has 0 aliphatic rings. The number of anilines is 1. The third-order valence-electron chi connectivity index (χ3n) is 4.27. The molecule has 3 aromatic carbocycles. The van der Waals surface area contributed by atoms with E-state index in [0.29, 0.717) is 15.6 Å². The zero-order valence-corrected chi connectivity index (χ0v) is 19.7. The highest BCUT2D eigenvalue weighted by atomic mass is 35.5. The molecule has 0 aliphatic heterocycles. The van der Waals surface area contributed by atoms with E-state index < -0.39 is 22.5 Å². The molecule has 5 nitrogen and oxygen atoms in total. The van der Waals surface area contributed by atoms with Crippen LogP contribution < -0.4 is 5.32 Å². The Morgan fingerprint density at radius 3 is 2.03 bits per heavy atom. The molecular weight excluding hydrogens is 502 g/mol. The van der Waals surface area contributed by atoms with Crippen LogP contribution in [-0.4, -0.2) is 25.2 Å². The van der Waals surface area contributed by atoms with Gasteiger partial charge in [-0.3, -0.25) is 4.79 Å². The average molecular weight is 518 g/mol. The zero-order valence-electron chi connectivity index (χ0n) is 15.9. The standard InChI is InChI=1S/C21H16Cl4N2O3S/c22-15-6-4-14(5-7-15)12-27(31(29,30)17-10-8-16(23)9-11-17)13-20(28)26-19-3-1-2-18(24)21(19)25/h1-11H,12-13H2,(H,26,28). The van der Waals surface area contributed by atoms with Crippen LogP contribution in [0.5, 0.6) is 0 Å². The first-order chi connectivity index (χ1) is 14.7. The van der Waals surface area contributed by atoms with E-state index in [9.17, 15) is 13.2 Å². The SMILES string of the molecule is O=C(CN(Cc1ccc(Cl)cc1)S(=O)(=O)c1ccc(Cl)cc1)Nc1cccc(Cl)c1Cl. The topological polar surface area (TPSA) is 66.5 Å². The molecule has 0 unspecified atom stereocenters. The summed E-state index contributed by atoms with van der Waals surface area (Å²) in [6.45, 7) is -0.491. The van der Waals surface area contributed by atoms with Gasteiger partial charge in [-0.25, -0.2) is 8.42 Å². The third kappa shape index (κ3) is 6.13. The van der Waals surface area contributed by atoms with Crippen LogP contribution in [0.25, 0.3) is 0 Å². The molecule has 0 spiro atoms. The Hall–Kier alpha value is -1.80. The minimum atomic E-state index is -4.01. The van der Waals surface area contributed by atoms with Crippen molar-refractivity contribution in [2.75, 3.05) is 11.9 Å². The van der Waals surface area contributed by atoms with Crippen molar-refractivity contribution in [2.24, 2.45) is 0 Å². The van der Waals surface area contributed by atoms with E-state index in [1.54, 1.807) is 42.5 Å². The minimum Gasteiger partial charge on any atom is -0.324 e.